The summed E-state index contributed by atoms with van der Waals surface area (Å²) in [4.78, 5) is 16.0. The molecule has 2 nitrogen and oxygen atoms in total. The SMILES string of the molecule is CCCC(C)C(=O)C(C)c1ccncc1. The third-order valence-corrected chi connectivity index (χ3v) is 2.84. The van der Waals surface area contributed by atoms with E-state index in [-0.39, 0.29) is 11.8 Å². The fourth-order valence-corrected chi connectivity index (χ4v) is 1.82. The molecule has 1 rings (SSSR count). The Kier molecular flexibility index (Phi) is 4.47. The maximum atomic E-state index is 12.0. The summed E-state index contributed by atoms with van der Waals surface area (Å²) in [6, 6.07) is 3.84. The molecule has 0 aliphatic rings. The average Bonchev–Trinajstić information content (AvgIpc) is 2.28. The van der Waals surface area contributed by atoms with Gasteiger partial charge in [0, 0.05) is 24.2 Å². The molecule has 2 unspecified atom stereocenters. The number of rotatable bonds is 5. The number of carbonyl (C=O) groups excluding carboxylic acids is 1. The zero-order valence-electron chi connectivity index (χ0n) is 9.73. The topological polar surface area (TPSA) is 30.0 Å². The van der Waals surface area contributed by atoms with Crippen LogP contribution in [0.15, 0.2) is 24.5 Å². The highest BCUT2D eigenvalue weighted by molar-refractivity contribution is 5.87. The van der Waals surface area contributed by atoms with Gasteiger partial charge in [0.25, 0.3) is 0 Å². The molecule has 0 bridgehead atoms. The molecule has 0 amide bonds. The molecule has 82 valence electrons. The molecular formula is C13H19NO. The molecular weight excluding hydrogens is 186 g/mol. The highest BCUT2D eigenvalue weighted by Crippen LogP contribution is 2.21. The summed E-state index contributed by atoms with van der Waals surface area (Å²) in [6.07, 6.45) is 5.53. The summed E-state index contributed by atoms with van der Waals surface area (Å²) in [6.45, 7) is 6.11. The molecule has 0 N–H and O–H groups in total. The first-order chi connectivity index (χ1) is 7.16. The highest BCUT2D eigenvalue weighted by Gasteiger charge is 2.20. The van der Waals surface area contributed by atoms with Crippen LogP contribution in [0, 0.1) is 5.92 Å². The first-order valence-electron chi connectivity index (χ1n) is 5.60. The van der Waals surface area contributed by atoms with E-state index in [0.29, 0.717) is 5.78 Å². The number of hydrogen-bond acceptors (Lipinski definition) is 2. The van der Waals surface area contributed by atoms with Crippen molar-refractivity contribution in [3.8, 4) is 0 Å². The average molecular weight is 205 g/mol. The minimum Gasteiger partial charge on any atom is -0.299 e. The second kappa shape index (κ2) is 5.64. The van der Waals surface area contributed by atoms with Crippen LogP contribution in [-0.4, -0.2) is 10.8 Å². The van der Waals surface area contributed by atoms with Crippen molar-refractivity contribution in [3.05, 3.63) is 30.1 Å². The maximum absolute atomic E-state index is 12.0. The fourth-order valence-electron chi connectivity index (χ4n) is 1.82. The van der Waals surface area contributed by atoms with Gasteiger partial charge in [-0.3, -0.25) is 9.78 Å². The smallest absolute Gasteiger partial charge is 0.142 e. The van der Waals surface area contributed by atoms with Crippen LogP contribution < -0.4 is 0 Å². The minimum atomic E-state index is -0.00505. The van der Waals surface area contributed by atoms with Crippen molar-refractivity contribution in [2.24, 2.45) is 5.92 Å². The Morgan fingerprint density at radius 1 is 1.33 bits per heavy atom. The summed E-state index contributed by atoms with van der Waals surface area (Å²) in [7, 11) is 0. The van der Waals surface area contributed by atoms with E-state index in [1.807, 2.05) is 26.0 Å². The van der Waals surface area contributed by atoms with Crippen LogP contribution >= 0.6 is 0 Å². The lowest BCUT2D eigenvalue weighted by atomic mass is 9.88. The Bertz CT molecular complexity index is 308. The summed E-state index contributed by atoms with van der Waals surface area (Å²) >= 11 is 0. The van der Waals surface area contributed by atoms with Gasteiger partial charge < -0.3 is 0 Å². The number of pyridine rings is 1. The van der Waals surface area contributed by atoms with Crippen molar-refractivity contribution >= 4 is 5.78 Å². The summed E-state index contributed by atoms with van der Waals surface area (Å²) < 4.78 is 0. The maximum Gasteiger partial charge on any atom is 0.142 e. The Morgan fingerprint density at radius 2 is 1.93 bits per heavy atom. The lowest BCUT2D eigenvalue weighted by Gasteiger charge is -2.15. The van der Waals surface area contributed by atoms with Crippen molar-refractivity contribution in [1.29, 1.82) is 0 Å². The van der Waals surface area contributed by atoms with Crippen LogP contribution in [0.4, 0.5) is 0 Å². The van der Waals surface area contributed by atoms with Gasteiger partial charge in [-0.2, -0.15) is 0 Å². The third kappa shape index (κ3) is 3.15. The second-order valence-electron chi connectivity index (χ2n) is 4.09. The van der Waals surface area contributed by atoms with E-state index >= 15 is 0 Å². The molecule has 1 aromatic heterocycles. The van der Waals surface area contributed by atoms with E-state index in [0.717, 1.165) is 18.4 Å². The third-order valence-electron chi connectivity index (χ3n) is 2.84. The quantitative estimate of drug-likeness (QED) is 0.739. The lowest BCUT2D eigenvalue weighted by molar-refractivity contribution is -0.123. The van der Waals surface area contributed by atoms with Gasteiger partial charge in [-0.15, -0.1) is 0 Å². The van der Waals surface area contributed by atoms with Crippen LogP contribution in [0.3, 0.4) is 0 Å². The predicted molar refractivity (Wildman–Crippen MR) is 61.7 cm³/mol. The molecule has 2 atom stereocenters. The van der Waals surface area contributed by atoms with E-state index < -0.39 is 0 Å². The second-order valence-corrected chi connectivity index (χ2v) is 4.09. The first kappa shape index (κ1) is 11.9. The molecule has 15 heavy (non-hydrogen) atoms. The number of nitrogens with zero attached hydrogens (tertiary/aromatic N) is 1. The van der Waals surface area contributed by atoms with E-state index in [9.17, 15) is 4.79 Å². The van der Waals surface area contributed by atoms with Crippen LogP contribution in [0.2, 0.25) is 0 Å². The standard InChI is InChI=1S/C13H19NO/c1-4-5-10(2)13(15)11(3)12-6-8-14-9-7-12/h6-11H,4-5H2,1-3H3. The predicted octanol–water partition coefficient (Wildman–Crippen LogP) is 3.19. The molecule has 0 saturated carbocycles. The number of aromatic nitrogens is 1. The van der Waals surface area contributed by atoms with Crippen molar-refractivity contribution in [1.82, 2.24) is 4.98 Å². The number of Topliss-reactive ketones (excluding diaryl/α,β-unsaturated/α-hetero) is 1. The van der Waals surface area contributed by atoms with Gasteiger partial charge in [0.05, 0.1) is 0 Å². The minimum absolute atomic E-state index is 0.00505. The van der Waals surface area contributed by atoms with E-state index in [2.05, 4.69) is 11.9 Å². The number of ketones is 1. The van der Waals surface area contributed by atoms with Gasteiger partial charge >= 0.3 is 0 Å². The lowest BCUT2D eigenvalue weighted by Crippen LogP contribution is -2.17. The fraction of sp³-hybridized carbons (Fsp3) is 0.538. The zero-order valence-corrected chi connectivity index (χ0v) is 9.73. The molecule has 0 aromatic carbocycles. The van der Waals surface area contributed by atoms with Crippen LogP contribution in [0.1, 0.15) is 45.1 Å². The Balaban J connectivity index is 2.69. The summed E-state index contributed by atoms with van der Waals surface area (Å²) in [5.74, 6) is 0.496. The van der Waals surface area contributed by atoms with Crippen LogP contribution in [0.25, 0.3) is 0 Å². The Hall–Kier alpha value is -1.18. The van der Waals surface area contributed by atoms with Crippen LogP contribution in [-0.2, 0) is 4.79 Å². The van der Waals surface area contributed by atoms with Gasteiger partial charge in [-0.25, -0.2) is 0 Å². The first-order valence-corrected chi connectivity index (χ1v) is 5.60. The normalized spacial score (nSPS) is 14.6. The highest BCUT2D eigenvalue weighted by atomic mass is 16.1. The zero-order chi connectivity index (χ0) is 11.3. The summed E-state index contributed by atoms with van der Waals surface area (Å²) in [5.41, 5.74) is 1.07. The number of carbonyl (C=O) groups is 1. The van der Waals surface area contributed by atoms with Gasteiger partial charge in [0.15, 0.2) is 0 Å². The van der Waals surface area contributed by atoms with Crippen molar-refractivity contribution < 1.29 is 4.79 Å². The number of hydrogen-bond donors (Lipinski definition) is 0. The molecule has 1 heterocycles. The molecule has 1 aromatic rings. The van der Waals surface area contributed by atoms with Crippen LogP contribution in [0.5, 0.6) is 0 Å². The molecule has 0 saturated heterocycles. The van der Waals surface area contributed by atoms with Gasteiger partial charge in [0.2, 0.25) is 0 Å². The van der Waals surface area contributed by atoms with E-state index in [1.54, 1.807) is 12.4 Å². The molecule has 0 aliphatic heterocycles. The summed E-state index contributed by atoms with van der Waals surface area (Å²) in [5, 5.41) is 0. The Morgan fingerprint density at radius 3 is 2.47 bits per heavy atom. The van der Waals surface area contributed by atoms with Crippen molar-refractivity contribution in [3.63, 3.8) is 0 Å². The van der Waals surface area contributed by atoms with E-state index in [4.69, 9.17) is 0 Å². The molecule has 0 spiro atoms. The van der Waals surface area contributed by atoms with Crippen molar-refractivity contribution in [2.45, 2.75) is 39.5 Å². The molecule has 0 radical (unpaired) electrons. The Labute approximate surface area is 91.7 Å². The van der Waals surface area contributed by atoms with Crippen molar-refractivity contribution in [2.75, 3.05) is 0 Å². The molecule has 0 aliphatic carbocycles. The van der Waals surface area contributed by atoms with E-state index in [1.165, 1.54) is 0 Å². The monoisotopic (exact) mass is 205 g/mol. The molecule has 0 fully saturated rings. The van der Waals surface area contributed by atoms with Gasteiger partial charge in [-0.1, -0.05) is 27.2 Å². The largest absolute Gasteiger partial charge is 0.299 e. The molecule has 2 heteroatoms. The van der Waals surface area contributed by atoms with Gasteiger partial charge in [-0.05, 0) is 24.1 Å². The van der Waals surface area contributed by atoms with Gasteiger partial charge in [0.1, 0.15) is 5.78 Å².